The minimum absolute atomic E-state index is 0.0151. The van der Waals surface area contributed by atoms with Crippen molar-refractivity contribution in [3.8, 4) is 5.69 Å². The summed E-state index contributed by atoms with van der Waals surface area (Å²) in [5, 5.41) is 5.82. The van der Waals surface area contributed by atoms with Crippen LogP contribution in [0.15, 0.2) is 91.0 Å². The highest BCUT2D eigenvalue weighted by Gasteiger charge is 2.26. The number of piperazine rings is 1. The molecule has 202 valence electrons. The Labute approximate surface area is 233 Å². The predicted octanol–water partition coefficient (Wildman–Crippen LogP) is 4.58. The van der Waals surface area contributed by atoms with Crippen LogP contribution in [0, 0.1) is 6.92 Å². The molecule has 0 N–H and O–H groups in total. The number of amides is 1. The Kier molecular flexibility index (Phi) is 7.50. The molecule has 3 heterocycles. The Morgan fingerprint density at radius 2 is 1.43 bits per heavy atom. The van der Waals surface area contributed by atoms with Crippen molar-refractivity contribution >= 4 is 22.8 Å². The Hall–Kier alpha value is -4.56. The number of anilines is 1. The quantitative estimate of drug-likeness (QED) is 0.291. The monoisotopic (exact) mass is 532 g/mol. The Morgan fingerprint density at radius 3 is 2.10 bits per heavy atom. The van der Waals surface area contributed by atoms with Crippen LogP contribution in [0.3, 0.4) is 0 Å². The van der Waals surface area contributed by atoms with Crippen molar-refractivity contribution in [2.75, 3.05) is 37.7 Å². The van der Waals surface area contributed by atoms with E-state index in [1.165, 1.54) is 0 Å². The maximum Gasteiger partial charge on any atom is 0.248 e. The van der Waals surface area contributed by atoms with Crippen molar-refractivity contribution in [3.63, 3.8) is 0 Å². The number of fused-ring (bicyclic) bond motifs is 1. The van der Waals surface area contributed by atoms with Gasteiger partial charge in [0.05, 0.1) is 23.4 Å². The number of rotatable bonds is 8. The van der Waals surface area contributed by atoms with Crippen molar-refractivity contribution in [2.24, 2.45) is 0 Å². The molecule has 0 spiro atoms. The van der Waals surface area contributed by atoms with Crippen molar-refractivity contribution in [1.82, 2.24) is 24.6 Å². The molecule has 3 aromatic carbocycles. The zero-order valence-electron chi connectivity index (χ0n) is 22.6. The Bertz CT molecular complexity index is 1580. The third-order valence-corrected chi connectivity index (χ3v) is 7.20. The largest absolute Gasteiger partial charge is 0.367 e. The number of aryl methyl sites for hydroxylation is 1. The van der Waals surface area contributed by atoms with Gasteiger partial charge in [-0.05, 0) is 30.2 Å². The van der Waals surface area contributed by atoms with Gasteiger partial charge >= 0.3 is 0 Å². The van der Waals surface area contributed by atoms with Gasteiger partial charge in [-0.25, -0.2) is 14.6 Å². The van der Waals surface area contributed by atoms with Gasteiger partial charge in [-0.3, -0.25) is 4.79 Å². The molecule has 0 saturated carbocycles. The third kappa shape index (κ3) is 5.58. The van der Waals surface area contributed by atoms with E-state index in [-0.39, 0.29) is 12.5 Å². The second kappa shape index (κ2) is 11.7. The van der Waals surface area contributed by atoms with E-state index >= 15 is 0 Å². The number of aromatic nitrogens is 4. The average Bonchev–Trinajstić information content (AvgIpc) is 3.34. The molecule has 40 heavy (non-hydrogen) atoms. The molecule has 1 amide bonds. The first kappa shape index (κ1) is 25.7. The lowest BCUT2D eigenvalue weighted by molar-refractivity contribution is -0.136. The smallest absolute Gasteiger partial charge is 0.248 e. The van der Waals surface area contributed by atoms with Crippen molar-refractivity contribution in [3.05, 3.63) is 114 Å². The molecule has 1 saturated heterocycles. The van der Waals surface area contributed by atoms with Crippen LogP contribution in [-0.4, -0.2) is 63.3 Å². The van der Waals surface area contributed by atoms with Gasteiger partial charge in [-0.2, -0.15) is 5.10 Å². The molecule has 2 aromatic heterocycles. The van der Waals surface area contributed by atoms with E-state index in [4.69, 9.17) is 19.8 Å². The topological polar surface area (TPSA) is 76.4 Å². The molecule has 0 radical (unpaired) electrons. The number of nitrogens with zero attached hydrogens (tertiary/aromatic N) is 6. The highest BCUT2D eigenvalue weighted by atomic mass is 16.5. The molecule has 6 rings (SSSR count). The standard InChI is InChI=1S/C32H32N6O2/c1-24-30-31(37-19-17-36(18-20-37)29(39)23-40-22-26-13-7-3-8-14-26)33-28(21-25-11-5-2-6-12-25)34-32(30)38(35-24)27-15-9-4-10-16-27/h2-16H,17-23H2,1H3. The molecule has 0 aliphatic carbocycles. The van der Waals surface area contributed by atoms with E-state index < -0.39 is 0 Å². The lowest BCUT2D eigenvalue weighted by Crippen LogP contribution is -2.50. The minimum atomic E-state index is 0.0151. The fourth-order valence-electron chi connectivity index (χ4n) is 5.13. The number of para-hydroxylation sites is 1. The van der Waals surface area contributed by atoms with Gasteiger partial charge in [0, 0.05) is 32.6 Å². The number of ether oxygens (including phenoxy) is 1. The molecule has 8 heteroatoms. The van der Waals surface area contributed by atoms with Crippen LogP contribution in [0.2, 0.25) is 0 Å². The van der Waals surface area contributed by atoms with E-state index in [9.17, 15) is 4.79 Å². The Balaban J connectivity index is 1.23. The van der Waals surface area contributed by atoms with E-state index in [2.05, 4.69) is 17.0 Å². The van der Waals surface area contributed by atoms with Gasteiger partial charge in [-0.15, -0.1) is 0 Å². The number of hydrogen-bond acceptors (Lipinski definition) is 6. The van der Waals surface area contributed by atoms with E-state index in [1.807, 2.05) is 95.4 Å². The van der Waals surface area contributed by atoms with Gasteiger partial charge in [0.2, 0.25) is 5.91 Å². The third-order valence-electron chi connectivity index (χ3n) is 7.20. The molecule has 0 atom stereocenters. The van der Waals surface area contributed by atoms with Gasteiger partial charge in [-0.1, -0.05) is 78.9 Å². The van der Waals surface area contributed by atoms with Crippen LogP contribution in [0.5, 0.6) is 0 Å². The van der Waals surface area contributed by atoms with Crippen LogP contribution < -0.4 is 4.90 Å². The molecule has 5 aromatic rings. The summed E-state index contributed by atoms with van der Waals surface area (Å²) in [6.45, 7) is 5.10. The summed E-state index contributed by atoms with van der Waals surface area (Å²) in [5.74, 6) is 1.64. The zero-order valence-corrected chi connectivity index (χ0v) is 22.6. The molecule has 0 bridgehead atoms. The molecule has 1 aliphatic rings. The van der Waals surface area contributed by atoms with E-state index in [0.29, 0.717) is 39.2 Å². The summed E-state index contributed by atoms with van der Waals surface area (Å²) in [7, 11) is 0. The first-order chi connectivity index (χ1) is 19.7. The summed E-state index contributed by atoms with van der Waals surface area (Å²) < 4.78 is 7.61. The van der Waals surface area contributed by atoms with Crippen molar-refractivity contribution in [1.29, 1.82) is 0 Å². The van der Waals surface area contributed by atoms with Gasteiger partial charge in [0.25, 0.3) is 0 Å². The molecule has 1 aliphatic heterocycles. The lowest BCUT2D eigenvalue weighted by atomic mass is 10.1. The van der Waals surface area contributed by atoms with Crippen LogP contribution >= 0.6 is 0 Å². The van der Waals surface area contributed by atoms with Crippen LogP contribution in [-0.2, 0) is 22.6 Å². The minimum Gasteiger partial charge on any atom is -0.367 e. The van der Waals surface area contributed by atoms with E-state index in [1.54, 1.807) is 0 Å². The summed E-state index contributed by atoms with van der Waals surface area (Å²) in [6.07, 6.45) is 0.625. The summed E-state index contributed by atoms with van der Waals surface area (Å²) >= 11 is 0. The molecular formula is C32H32N6O2. The second-order valence-corrected chi connectivity index (χ2v) is 10.0. The average molecular weight is 533 g/mol. The van der Waals surface area contributed by atoms with Crippen LogP contribution in [0.25, 0.3) is 16.7 Å². The highest BCUT2D eigenvalue weighted by Crippen LogP contribution is 2.30. The maximum absolute atomic E-state index is 12.9. The normalized spacial score (nSPS) is 13.6. The second-order valence-electron chi connectivity index (χ2n) is 10.0. The maximum atomic E-state index is 12.9. The first-order valence-corrected chi connectivity index (χ1v) is 13.7. The lowest BCUT2D eigenvalue weighted by Gasteiger charge is -2.35. The van der Waals surface area contributed by atoms with Gasteiger partial charge in [0.15, 0.2) is 5.65 Å². The first-order valence-electron chi connectivity index (χ1n) is 13.7. The van der Waals surface area contributed by atoms with Gasteiger partial charge in [0.1, 0.15) is 18.2 Å². The molecule has 8 nitrogen and oxygen atoms in total. The molecular weight excluding hydrogens is 500 g/mol. The van der Waals surface area contributed by atoms with Crippen molar-refractivity contribution < 1.29 is 9.53 Å². The van der Waals surface area contributed by atoms with Crippen LogP contribution in [0.4, 0.5) is 5.82 Å². The summed E-state index contributed by atoms with van der Waals surface area (Å²) in [6, 6.07) is 30.3. The summed E-state index contributed by atoms with van der Waals surface area (Å²) in [5.41, 5.74) is 4.86. The molecule has 0 unspecified atom stereocenters. The predicted molar refractivity (Wildman–Crippen MR) is 156 cm³/mol. The van der Waals surface area contributed by atoms with Crippen molar-refractivity contribution in [2.45, 2.75) is 20.0 Å². The van der Waals surface area contributed by atoms with Gasteiger partial charge < -0.3 is 14.5 Å². The highest BCUT2D eigenvalue weighted by molar-refractivity contribution is 5.91. The number of benzene rings is 3. The van der Waals surface area contributed by atoms with Crippen LogP contribution in [0.1, 0.15) is 22.6 Å². The summed E-state index contributed by atoms with van der Waals surface area (Å²) in [4.78, 5) is 27.1. The SMILES string of the molecule is Cc1nn(-c2ccccc2)c2nc(Cc3ccccc3)nc(N3CCN(C(=O)COCc4ccccc4)CC3)c12. The number of carbonyl (C=O) groups is 1. The van der Waals surface area contributed by atoms with E-state index in [0.717, 1.165) is 45.2 Å². The zero-order chi connectivity index (χ0) is 27.3. The Morgan fingerprint density at radius 1 is 0.800 bits per heavy atom. The molecule has 1 fully saturated rings. The fourth-order valence-corrected chi connectivity index (χ4v) is 5.13. The number of hydrogen-bond donors (Lipinski definition) is 0. The number of carbonyl (C=O) groups excluding carboxylic acids is 1. The fraction of sp³-hybridized carbons (Fsp3) is 0.250.